The van der Waals surface area contributed by atoms with Crippen molar-refractivity contribution in [2.24, 2.45) is 5.73 Å². The zero-order valence-corrected chi connectivity index (χ0v) is 8.61. The minimum atomic E-state index is -0.174. The average molecular weight is 182 g/mol. The Morgan fingerprint density at radius 1 is 1.38 bits per heavy atom. The Kier molecular flexibility index (Phi) is 2.64. The van der Waals surface area contributed by atoms with Crippen molar-refractivity contribution < 1.29 is 4.79 Å². The number of hydrogen-bond donors (Lipinski definition) is 2. The molecule has 1 aliphatic rings. The summed E-state index contributed by atoms with van der Waals surface area (Å²) >= 11 is 0. The molecular formula is C10H18N2O. The summed E-state index contributed by atoms with van der Waals surface area (Å²) in [5.41, 5.74) is 7.10. The smallest absolute Gasteiger partial charge is 0.249 e. The summed E-state index contributed by atoms with van der Waals surface area (Å²) in [5.74, 6) is 0.00231. The first-order valence-corrected chi connectivity index (χ1v) is 4.70. The average Bonchev–Trinajstić information content (AvgIpc) is 2.30. The summed E-state index contributed by atoms with van der Waals surface area (Å²) < 4.78 is 0. The quantitative estimate of drug-likeness (QED) is 0.642. The van der Waals surface area contributed by atoms with Crippen LogP contribution in [0.4, 0.5) is 0 Å². The highest BCUT2D eigenvalue weighted by atomic mass is 16.1. The van der Waals surface area contributed by atoms with Gasteiger partial charge < -0.3 is 11.1 Å². The van der Waals surface area contributed by atoms with Crippen molar-refractivity contribution in [3.8, 4) is 0 Å². The van der Waals surface area contributed by atoms with Gasteiger partial charge in [-0.2, -0.15) is 0 Å². The van der Waals surface area contributed by atoms with E-state index in [1.54, 1.807) is 0 Å². The molecular weight excluding hydrogens is 164 g/mol. The molecule has 3 heteroatoms. The van der Waals surface area contributed by atoms with Gasteiger partial charge >= 0.3 is 0 Å². The van der Waals surface area contributed by atoms with Crippen LogP contribution < -0.4 is 11.1 Å². The second-order valence-corrected chi connectivity index (χ2v) is 4.56. The number of amides is 1. The molecule has 13 heavy (non-hydrogen) atoms. The number of allylic oxidation sites excluding steroid dienone is 1. The van der Waals surface area contributed by atoms with Crippen LogP contribution in [-0.2, 0) is 4.79 Å². The van der Waals surface area contributed by atoms with Gasteiger partial charge in [0.25, 0.3) is 0 Å². The third kappa shape index (κ3) is 2.76. The van der Waals surface area contributed by atoms with Crippen LogP contribution in [0.3, 0.4) is 0 Å². The van der Waals surface area contributed by atoms with Crippen molar-refractivity contribution in [2.45, 2.75) is 45.6 Å². The summed E-state index contributed by atoms with van der Waals surface area (Å²) in [6, 6.07) is 0. The van der Waals surface area contributed by atoms with Crippen LogP contribution in [-0.4, -0.2) is 11.4 Å². The van der Waals surface area contributed by atoms with E-state index in [2.05, 4.69) is 5.32 Å². The van der Waals surface area contributed by atoms with Crippen molar-refractivity contribution in [3.63, 3.8) is 0 Å². The van der Waals surface area contributed by atoms with Gasteiger partial charge in [0.2, 0.25) is 5.91 Å². The number of nitrogens with one attached hydrogen (secondary N) is 1. The number of carbonyl (C=O) groups excluding carboxylic acids is 1. The van der Waals surface area contributed by atoms with Crippen molar-refractivity contribution in [1.29, 1.82) is 0 Å². The van der Waals surface area contributed by atoms with E-state index >= 15 is 0 Å². The van der Waals surface area contributed by atoms with E-state index in [9.17, 15) is 4.79 Å². The van der Waals surface area contributed by atoms with Crippen LogP contribution in [0.5, 0.6) is 0 Å². The van der Waals surface area contributed by atoms with E-state index < -0.39 is 0 Å². The predicted molar refractivity (Wildman–Crippen MR) is 53.0 cm³/mol. The Labute approximate surface area is 79.4 Å². The molecule has 0 saturated carbocycles. The molecule has 0 bridgehead atoms. The minimum Gasteiger partial charge on any atom is -0.402 e. The second-order valence-electron chi connectivity index (χ2n) is 4.56. The van der Waals surface area contributed by atoms with Gasteiger partial charge in [0, 0.05) is 16.8 Å². The molecule has 0 radical (unpaired) electrons. The fraction of sp³-hybridized carbons (Fsp3) is 0.700. The Balaban J connectivity index is 2.64. The van der Waals surface area contributed by atoms with E-state index in [4.69, 9.17) is 5.73 Å². The first kappa shape index (κ1) is 10.1. The van der Waals surface area contributed by atoms with Crippen LogP contribution in [0, 0.1) is 0 Å². The topological polar surface area (TPSA) is 55.1 Å². The first-order valence-electron chi connectivity index (χ1n) is 4.70. The highest BCUT2D eigenvalue weighted by molar-refractivity contribution is 5.94. The molecule has 0 fully saturated rings. The summed E-state index contributed by atoms with van der Waals surface area (Å²) in [5, 5.41) is 2.91. The fourth-order valence-electron chi connectivity index (χ4n) is 1.44. The Bertz CT molecular complexity index is 248. The molecule has 0 aromatic heterocycles. The highest BCUT2D eigenvalue weighted by Crippen LogP contribution is 2.22. The molecule has 0 aliphatic heterocycles. The molecule has 0 aromatic rings. The molecule has 1 amide bonds. The SMILES string of the molecule is CC(C)(C)NC(=O)C1=C(N)CCC1. The van der Waals surface area contributed by atoms with Crippen LogP contribution >= 0.6 is 0 Å². The van der Waals surface area contributed by atoms with Gasteiger partial charge in [0.15, 0.2) is 0 Å². The minimum absolute atomic E-state index is 0.00231. The lowest BCUT2D eigenvalue weighted by Crippen LogP contribution is -2.41. The lowest BCUT2D eigenvalue weighted by molar-refractivity contribution is -0.118. The van der Waals surface area contributed by atoms with Gasteiger partial charge in [-0.1, -0.05) is 0 Å². The summed E-state index contributed by atoms with van der Waals surface area (Å²) in [6.45, 7) is 5.91. The lowest BCUT2D eigenvalue weighted by Gasteiger charge is -2.21. The van der Waals surface area contributed by atoms with Crippen molar-refractivity contribution in [3.05, 3.63) is 11.3 Å². The Morgan fingerprint density at radius 3 is 2.38 bits per heavy atom. The molecule has 0 heterocycles. The van der Waals surface area contributed by atoms with Crippen LogP contribution in [0.2, 0.25) is 0 Å². The number of hydrogen-bond acceptors (Lipinski definition) is 2. The molecule has 0 saturated heterocycles. The standard InChI is InChI=1S/C10H18N2O/c1-10(2,3)12-9(13)7-5-4-6-8(7)11/h4-6,11H2,1-3H3,(H,12,13). The molecule has 0 spiro atoms. The van der Waals surface area contributed by atoms with Crippen LogP contribution in [0.25, 0.3) is 0 Å². The number of rotatable bonds is 1. The van der Waals surface area contributed by atoms with Gasteiger partial charge in [-0.15, -0.1) is 0 Å². The summed E-state index contributed by atoms with van der Waals surface area (Å²) in [6.07, 6.45) is 2.71. The Morgan fingerprint density at radius 2 is 2.00 bits per heavy atom. The van der Waals surface area contributed by atoms with Gasteiger partial charge in [-0.25, -0.2) is 0 Å². The lowest BCUT2D eigenvalue weighted by atomic mass is 10.1. The zero-order valence-electron chi connectivity index (χ0n) is 8.61. The van der Waals surface area contributed by atoms with Gasteiger partial charge in [0.05, 0.1) is 0 Å². The van der Waals surface area contributed by atoms with E-state index in [1.807, 2.05) is 20.8 Å². The van der Waals surface area contributed by atoms with E-state index in [1.165, 1.54) is 0 Å². The molecule has 0 atom stereocenters. The molecule has 3 N–H and O–H groups in total. The van der Waals surface area contributed by atoms with E-state index in [0.29, 0.717) is 0 Å². The van der Waals surface area contributed by atoms with Crippen molar-refractivity contribution in [2.75, 3.05) is 0 Å². The van der Waals surface area contributed by atoms with Crippen molar-refractivity contribution in [1.82, 2.24) is 5.32 Å². The first-order chi connectivity index (χ1) is 5.90. The van der Waals surface area contributed by atoms with Crippen LogP contribution in [0.15, 0.2) is 11.3 Å². The predicted octanol–water partition coefficient (Wildman–Crippen LogP) is 1.30. The molecule has 1 aliphatic carbocycles. The highest BCUT2D eigenvalue weighted by Gasteiger charge is 2.22. The number of nitrogens with two attached hydrogens (primary N) is 1. The third-order valence-corrected chi connectivity index (χ3v) is 2.02. The fourth-order valence-corrected chi connectivity index (χ4v) is 1.44. The summed E-state index contributed by atoms with van der Waals surface area (Å²) in [4.78, 5) is 11.6. The van der Waals surface area contributed by atoms with Crippen molar-refractivity contribution >= 4 is 5.91 Å². The summed E-state index contributed by atoms with van der Waals surface area (Å²) in [7, 11) is 0. The zero-order chi connectivity index (χ0) is 10.1. The van der Waals surface area contributed by atoms with Crippen LogP contribution in [0.1, 0.15) is 40.0 Å². The van der Waals surface area contributed by atoms with Gasteiger partial charge in [-0.3, -0.25) is 4.79 Å². The molecule has 0 aromatic carbocycles. The Hall–Kier alpha value is -0.990. The normalized spacial score (nSPS) is 17.8. The molecule has 0 unspecified atom stereocenters. The molecule has 3 nitrogen and oxygen atoms in total. The third-order valence-electron chi connectivity index (χ3n) is 2.02. The monoisotopic (exact) mass is 182 g/mol. The van der Waals surface area contributed by atoms with Gasteiger partial charge in [-0.05, 0) is 40.0 Å². The second kappa shape index (κ2) is 3.40. The van der Waals surface area contributed by atoms with E-state index in [-0.39, 0.29) is 11.4 Å². The number of carbonyl (C=O) groups is 1. The molecule has 1 rings (SSSR count). The van der Waals surface area contributed by atoms with E-state index in [0.717, 1.165) is 30.5 Å². The molecule has 74 valence electrons. The van der Waals surface area contributed by atoms with Gasteiger partial charge in [0.1, 0.15) is 0 Å². The largest absolute Gasteiger partial charge is 0.402 e. The maximum absolute atomic E-state index is 11.6. The maximum Gasteiger partial charge on any atom is 0.249 e. The maximum atomic E-state index is 11.6.